The van der Waals surface area contributed by atoms with Crippen LogP contribution < -0.4 is 14.8 Å². The van der Waals surface area contributed by atoms with Crippen molar-refractivity contribution in [2.45, 2.75) is 6.42 Å². The Hall–Kier alpha value is -3.75. The minimum absolute atomic E-state index is 0.243. The number of oxazole rings is 1. The van der Waals surface area contributed by atoms with Gasteiger partial charge in [0.05, 0.1) is 20.8 Å². The molecule has 0 bridgehead atoms. The zero-order valence-corrected chi connectivity index (χ0v) is 17.3. The Morgan fingerprint density at radius 1 is 1.16 bits per heavy atom. The second-order valence-electron chi connectivity index (χ2n) is 7.01. The largest absolute Gasteiger partial charge is 0.493 e. The smallest absolute Gasteiger partial charge is 0.409 e. The van der Waals surface area contributed by atoms with E-state index in [1.54, 1.807) is 37.3 Å². The Labute approximate surface area is 178 Å². The summed E-state index contributed by atoms with van der Waals surface area (Å²) in [4.78, 5) is 29.9. The maximum atomic E-state index is 12.4. The van der Waals surface area contributed by atoms with Crippen LogP contribution in [0.5, 0.6) is 11.5 Å². The molecule has 0 atom stereocenters. The molecule has 9 nitrogen and oxygen atoms in total. The molecule has 1 saturated heterocycles. The number of rotatable bonds is 8. The first-order valence-electron chi connectivity index (χ1n) is 9.87. The van der Waals surface area contributed by atoms with Crippen molar-refractivity contribution >= 4 is 23.1 Å². The van der Waals surface area contributed by atoms with E-state index in [0.29, 0.717) is 66.7 Å². The Balaban J connectivity index is 1.42. The molecule has 31 heavy (non-hydrogen) atoms. The molecule has 0 spiro atoms. The van der Waals surface area contributed by atoms with E-state index >= 15 is 0 Å². The van der Waals surface area contributed by atoms with Gasteiger partial charge in [0.25, 0.3) is 5.91 Å². The Morgan fingerprint density at radius 2 is 2.00 bits per heavy atom. The number of nitrogens with zero attached hydrogens (tertiary/aromatic N) is 2. The van der Waals surface area contributed by atoms with Gasteiger partial charge in [0.1, 0.15) is 12.1 Å². The van der Waals surface area contributed by atoms with Gasteiger partial charge in [0, 0.05) is 25.1 Å². The van der Waals surface area contributed by atoms with E-state index in [4.69, 9.17) is 18.6 Å². The number of carbonyl (C=O) groups excluding carboxylic acids is 2. The standard InChI is InChI=1S/C22H23N3O6/c1-28-17-6-3-14(11-19(17)29-2)12-20-24-16-5-4-15(13-18(16)31-20)21(26)23-7-8-25-9-10-30-22(25)27/h3-6,11,13H,7-10,12H2,1-2H3,(H,23,26). The highest BCUT2D eigenvalue weighted by Gasteiger charge is 2.21. The van der Waals surface area contributed by atoms with Gasteiger partial charge in [-0.2, -0.15) is 0 Å². The molecule has 9 heteroatoms. The molecule has 1 aliphatic rings. The summed E-state index contributed by atoms with van der Waals surface area (Å²) in [5.74, 6) is 1.58. The third kappa shape index (κ3) is 4.55. The summed E-state index contributed by atoms with van der Waals surface area (Å²) < 4.78 is 21.3. The van der Waals surface area contributed by atoms with Crippen LogP contribution in [0.1, 0.15) is 21.8 Å². The van der Waals surface area contributed by atoms with Crippen molar-refractivity contribution in [3.8, 4) is 11.5 Å². The number of ether oxygens (including phenoxy) is 3. The minimum atomic E-state index is -0.348. The monoisotopic (exact) mass is 425 g/mol. The van der Waals surface area contributed by atoms with Crippen molar-refractivity contribution in [3.63, 3.8) is 0 Å². The summed E-state index contributed by atoms with van der Waals surface area (Å²) in [7, 11) is 3.18. The van der Waals surface area contributed by atoms with Crippen molar-refractivity contribution in [3.05, 3.63) is 53.4 Å². The van der Waals surface area contributed by atoms with Crippen LogP contribution in [0.15, 0.2) is 40.8 Å². The number of nitrogens with one attached hydrogen (secondary N) is 1. The van der Waals surface area contributed by atoms with Crippen LogP contribution in [0.4, 0.5) is 4.79 Å². The molecule has 3 aromatic rings. The maximum Gasteiger partial charge on any atom is 0.409 e. The molecule has 1 fully saturated rings. The van der Waals surface area contributed by atoms with E-state index in [9.17, 15) is 9.59 Å². The highest BCUT2D eigenvalue weighted by molar-refractivity contribution is 5.97. The summed E-state index contributed by atoms with van der Waals surface area (Å²) in [6.45, 7) is 1.68. The fraction of sp³-hybridized carbons (Fsp3) is 0.318. The fourth-order valence-electron chi connectivity index (χ4n) is 3.39. The van der Waals surface area contributed by atoms with E-state index in [1.807, 2.05) is 18.2 Å². The van der Waals surface area contributed by atoms with E-state index < -0.39 is 0 Å². The minimum Gasteiger partial charge on any atom is -0.493 e. The van der Waals surface area contributed by atoms with Gasteiger partial charge in [-0.25, -0.2) is 9.78 Å². The lowest BCUT2D eigenvalue weighted by atomic mass is 10.1. The number of cyclic esters (lactones) is 1. The Kier molecular flexibility index (Phi) is 5.92. The first-order chi connectivity index (χ1) is 15.1. The lowest BCUT2D eigenvalue weighted by molar-refractivity contribution is 0.0949. The molecule has 2 heterocycles. The third-order valence-electron chi connectivity index (χ3n) is 5.01. The van der Waals surface area contributed by atoms with Crippen molar-refractivity contribution in [2.75, 3.05) is 40.5 Å². The SMILES string of the molecule is COc1ccc(Cc2nc3ccc(C(=O)NCCN4CCOC4=O)cc3o2)cc1OC. The van der Waals surface area contributed by atoms with Crippen LogP contribution in [0.2, 0.25) is 0 Å². The summed E-state index contributed by atoms with van der Waals surface area (Å²) in [5, 5.41) is 2.80. The molecule has 0 unspecified atom stereocenters. The van der Waals surface area contributed by atoms with Gasteiger partial charge < -0.3 is 28.8 Å². The molecule has 1 aromatic heterocycles. The average molecular weight is 425 g/mol. The number of hydrogen-bond donors (Lipinski definition) is 1. The Morgan fingerprint density at radius 3 is 2.74 bits per heavy atom. The van der Waals surface area contributed by atoms with Crippen LogP contribution in [0, 0.1) is 0 Å². The van der Waals surface area contributed by atoms with Gasteiger partial charge in [-0.3, -0.25) is 4.79 Å². The van der Waals surface area contributed by atoms with Crippen LogP contribution in [0.3, 0.4) is 0 Å². The van der Waals surface area contributed by atoms with Gasteiger partial charge in [-0.1, -0.05) is 6.07 Å². The van der Waals surface area contributed by atoms with Crippen LogP contribution >= 0.6 is 0 Å². The molecule has 2 amide bonds. The van der Waals surface area contributed by atoms with Crippen molar-refractivity contribution in [2.24, 2.45) is 0 Å². The van der Waals surface area contributed by atoms with E-state index in [1.165, 1.54) is 0 Å². The second kappa shape index (κ2) is 8.95. The van der Waals surface area contributed by atoms with Crippen molar-refractivity contribution < 1.29 is 28.2 Å². The normalized spacial score (nSPS) is 13.4. The molecule has 4 rings (SSSR count). The average Bonchev–Trinajstić information content (AvgIpc) is 3.38. The van der Waals surface area contributed by atoms with Crippen LogP contribution in [-0.4, -0.2) is 62.3 Å². The number of fused-ring (bicyclic) bond motifs is 1. The van der Waals surface area contributed by atoms with Gasteiger partial charge >= 0.3 is 6.09 Å². The van der Waals surface area contributed by atoms with Crippen LogP contribution in [0.25, 0.3) is 11.1 Å². The number of hydrogen-bond acceptors (Lipinski definition) is 7. The lowest BCUT2D eigenvalue weighted by Crippen LogP contribution is -2.35. The second-order valence-corrected chi connectivity index (χ2v) is 7.01. The molecule has 0 saturated carbocycles. The van der Waals surface area contributed by atoms with Gasteiger partial charge in [0.2, 0.25) is 0 Å². The number of benzene rings is 2. The van der Waals surface area contributed by atoms with E-state index in [2.05, 4.69) is 10.3 Å². The summed E-state index contributed by atoms with van der Waals surface area (Å²) in [6.07, 6.45) is 0.127. The van der Waals surface area contributed by atoms with Gasteiger partial charge in [-0.05, 0) is 35.9 Å². The van der Waals surface area contributed by atoms with Crippen LogP contribution in [-0.2, 0) is 11.2 Å². The molecule has 0 aliphatic carbocycles. The van der Waals surface area contributed by atoms with Crippen molar-refractivity contribution in [1.29, 1.82) is 0 Å². The lowest BCUT2D eigenvalue weighted by Gasteiger charge is -2.12. The predicted molar refractivity (Wildman–Crippen MR) is 112 cm³/mol. The van der Waals surface area contributed by atoms with Crippen molar-refractivity contribution in [1.82, 2.24) is 15.2 Å². The molecular formula is C22H23N3O6. The predicted octanol–water partition coefficient (Wildman–Crippen LogP) is 2.62. The highest BCUT2D eigenvalue weighted by atomic mass is 16.6. The molecule has 1 aliphatic heterocycles. The molecule has 1 N–H and O–H groups in total. The topological polar surface area (TPSA) is 103 Å². The van der Waals surface area contributed by atoms with E-state index in [-0.39, 0.29) is 12.0 Å². The van der Waals surface area contributed by atoms with Gasteiger partial charge in [-0.15, -0.1) is 0 Å². The summed E-state index contributed by atoms with van der Waals surface area (Å²) in [5.41, 5.74) is 2.63. The molecule has 162 valence electrons. The number of aromatic nitrogens is 1. The summed E-state index contributed by atoms with van der Waals surface area (Å²) >= 11 is 0. The third-order valence-corrected chi connectivity index (χ3v) is 5.01. The first-order valence-corrected chi connectivity index (χ1v) is 9.87. The molecule has 2 aromatic carbocycles. The molecular weight excluding hydrogens is 402 g/mol. The van der Waals surface area contributed by atoms with Gasteiger partial charge in [0.15, 0.2) is 23.0 Å². The summed E-state index contributed by atoms with van der Waals surface area (Å²) in [6, 6.07) is 10.8. The maximum absolute atomic E-state index is 12.4. The molecule has 0 radical (unpaired) electrons. The zero-order valence-electron chi connectivity index (χ0n) is 17.3. The fourth-order valence-corrected chi connectivity index (χ4v) is 3.39. The zero-order chi connectivity index (χ0) is 21.8. The number of carbonyl (C=O) groups is 2. The quantitative estimate of drug-likeness (QED) is 0.592. The highest BCUT2D eigenvalue weighted by Crippen LogP contribution is 2.29. The first kappa shape index (κ1) is 20.5. The number of methoxy groups -OCH3 is 2. The number of amides is 2. The Bertz CT molecular complexity index is 1110. The van der Waals surface area contributed by atoms with E-state index in [0.717, 1.165) is 5.56 Å².